The predicted octanol–water partition coefficient (Wildman–Crippen LogP) is 2.38. The number of piperidine rings is 1. The van der Waals surface area contributed by atoms with Crippen molar-refractivity contribution in [1.29, 1.82) is 0 Å². The summed E-state index contributed by atoms with van der Waals surface area (Å²) in [5, 5.41) is 0.715. The number of nitrogens with zero attached hydrogens (tertiary/aromatic N) is 1. The monoisotopic (exact) mass is 284 g/mol. The number of benzene rings is 1. The van der Waals surface area contributed by atoms with E-state index in [4.69, 9.17) is 17.3 Å². The lowest BCUT2D eigenvalue weighted by Crippen LogP contribution is -2.46. The van der Waals surface area contributed by atoms with Crippen LogP contribution in [0.1, 0.15) is 12.8 Å². The topological polar surface area (TPSA) is 46.3 Å². The van der Waals surface area contributed by atoms with Crippen LogP contribution in [0.4, 0.5) is 0 Å². The van der Waals surface area contributed by atoms with Crippen molar-refractivity contribution >= 4 is 29.3 Å². The molecule has 1 heterocycles. The van der Waals surface area contributed by atoms with E-state index in [1.54, 1.807) is 11.8 Å². The van der Waals surface area contributed by atoms with E-state index in [1.807, 2.05) is 29.2 Å². The zero-order chi connectivity index (χ0) is 13.0. The molecule has 1 fully saturated rings. The summed E-state index contributed by atoms with van der Waals surface area (Å²) in [4.78, 5) is 14.9. The maximum absolute atomic E-state index is 12.0. The first-order chi connectivity index (χ1) is 8.65. The standard InChI is InChI=1S/C13H17ClN2OS/c14-10-3-5-12(6-4-10)18-9-13(17)16-7-1-2-11(15)8-16/h3-6,11H,1-2,7-9,15H2. The third-order valence-electron chi connectivity index (χ3n) is 2.99. The van der Waals surface area contributed by atoms with Gasteiger partial charge in [-0.3, -0.25) is 4.79 Å². The summed E-state index contributed by atoms with van der Waals surface area (Å²) in [5.74, 6) is 0.638. The minimum Gasteiger partial charge on any atom is -0.340 e. The first-order valence-electron chi connectivity index (χ1n) is 6.07. The van der Waals surface area contributed by atoms with Crippen LogP contribution in [0.5, 0.6) is 0 Å². The summed E-state index contributed by atoms with van der Waals surface area (Å²) in [6.45, 7) is 1.54. The van der Waals surface area contributed by atoms with E-state index in [9.17, 15) is 4.79 Å². The zero-order valence-corrected chi connectivity index (χ0v) is 11.7. The molecule has 2 rings (SSSR count). The van der Waals surface area contributed by atoms with Gasteiger partial charge in [-0.1, -0.05) is 11.6 Å². The van der Waals surface area contributed by atoms with Crippen molar-refractivity contribution in [3.05, 3.63) is 29.3 Å². The fraction of sp³-hybridized carbons (Fsp3) is 0.462. The molecule has 2 N–H and O–H groups in total. The van der Waals surface area contributed by atoms with Crippen molar-refractivity contribution in [2.24, 2.45) is 5.73 Å². The van der Waals surface area contributed by atoms with Crippen molar-refractivity contribution in [3.63, 3.8) is 0 Å². The number of amides is 1. The van der Waals surface area contributed by atoms with E-state index in [0.29, 0.717) is 17.3 Å². The van der Waals surface area contributed by atoms with Gasteiger partial charge in [0.1, 0.15) is 0 Å². The molecule has 1 atom stereocenters. The lowest BCUT2D eigenvalue weighted by molar-refractivity contribution is -0.129. The average molecular weight is 285 g/mol. The Bertz CT molecular complexity index is 410. The lowest BCUT2D eigenvalue weighted by atomic mass is 10.1. The molecule has 3 nitrogen and oxygen atoms in total. The van der Waals surface area contributed by atoms with E-state index in [1.165, 1.54) is 0 Å². The van der Waals surface area contributed by atoms with Gasteiger partial charge in [0.05, 0.1) is 5.75 Å². The van der Waals surface area contributed by atoms with E-state index in [2.05, 4.69) is 0 Å². The maximum Gasteiger partial charge on any atom is 0.232 e. The summed E-state index contributed by atoms with van der Waals surface area (Å²) < 4.78 is 0. The number of carbonyl (C=O) groups excluding carboxylic acids is 1. The number of likely N-dealkylation sites (tertiary alicyclic amines) is 1. The minimum absolute atomic E-state index is 0.142. The minimum atomic E-state index is 0.142. The van der Waals surface area contributed by atoms with Crippen LogP contribution in [-0.2, 0) is 4.79 Å². The van der Waals surface area contributed by atoms with Crippen LogP contribution in [0.2, 0.25) is 5.02 Å². The SMILES string of the molecule is NC1CCCN(C(=O)CSc2ccc(Cl)cc2)C1. The van der Waals surface area contributed by atoms with Crippen LogP contribution in [0.15, 0.2) is 29.2 Å². The molecule has 1 aromatic rings. The number of rotatable bonds is 3. The lowest BCUT2D eigenvalue weighted by Gasteiger charge is -2.30. The van der Waals surface area contributed by atoms with E-state index in [0.717, 1.165) is 24.3 Å². The molecule has 1 aliphatic heterocycles. The van der Waals surface area contributed by atoms with Gasteiger partial charge in [-0.15, -0.1) is 11.8 Å². The molecule has 5 heteroatoms. The molecule has 98 valence electrons. The van der Waals surface area contributed by atoms with Gasteiger partial charge in [-0.2, -0.15) is 0 Å². The molecule has 1 aromatic carbocycles. The van der Waals surface area contributed by atoms with Crippen molar-refractivity contribution in [2.75, 3.05) is 18.8 Å². The third-order valence-corrected chi connectivity index (χ3v) is 4.24. The van der Waals surface area contributed by atoms with Gasteiger partial charge < -0.3 is 10.6 Å². The van der Waals surface area contributed by atoms with Gasteiger partial charge in [-0.05, 0) is 37.1 Å². The van der Waals surface area contributed by atoms with Crippen LogP contribution in [0.25, 0.3) is 0 Å². The Morgan fingerprint density at radius 2 is 2.17 bits per heavy atom. The summed E-state index contributed by atoms with van der Waals surface area (Å²) in [6, 6.07) is 7.68. The Morgan fingerprint density at radius 1 is 1.44 bits per heavy atom. The molecule has 1 amide bonds. The number of hydrogen-bond donors (Lipinski definition) is 1. The van der Waals surface area contributed by atoms with Crippen LogP contribution in [-0.4, -0.2) is 35.7 Å². The summed E-state index contributed by atoms with van der Waals surface area (Å²) in [5.41, 5.74) is 5.87. The highest BCUT2D eigenvalue weighted by atomic mass is 35.5. The van der Waals surface area contributed by atoms with E-state index < -0.39 is 0 Å². The fourth-order valence-electron chi connectivity index (χ4n) is 2.00. The quantitative estimate of drug-likeness (QED) is 0.867. The normalized spacial score (nSPS) is 19.9. The first-order valence-corrected chi connectivity index (χ1v) is 7.43. The van der Waals surface area contributed by atoms with Crippen molar-refractivity contribution in [3.8, 4) is 0 Å². The molecule has 0 aromatic heterocycles. The molecule has 18 heavy (non-hydrogen) atoms. The number of hydrogen-bond acceptors (Lipinski definition) is 3. The highest BCUT2D eigenvalue weighted by Crippen LogP contribution is 2.21. The highest BCUT2D eigenvalue weighted by molar-refractivity contribution is 8.00. The number of thioether (sulfide) groups is 1. The first kappa shape index (κ1) is 13.7. The van der Waals surface area contributed by atoms with Gasteiger partial charge in [0.25, 0.3) is 0 Å². The second-order valence-electron chi connectivity index (χ2n) is 4.48. The Balaban J connectivity index is 1.82. The predicted molar refractivity (Wildman–Crippen MR) is 76.0 cm³/mol. The fourth-order valence-corrected chi connectivity index (χ4v) is 2.93. The smallest absolute Gasteiger partial charge is 0.232 e. The summed E-state index contributed by atoms with van der Waals surface area (Å²) in [6.07, 6.45) is 2.03. The second kappa shape index (κ2) is 6.45. The second-order valence-corrected chi connectivity index (χ2v) is 5.97. The van der Waals surface area contributed by atoms with Gasteiger partial charge in [0, 0.05) is 29.0 Å². The molecular formula is C13H17ClN2OS. The third kappa shape index (κ3) is 3.90. The summed E-state index contributed by atoms with van der Waals surface area (Å²) in [7, 11) is 0. The Labute approximate surface area is 117 Å². The molecule has 0 aliphatic carbocycles. The van der Waals surface area contributed by atoms with Crippen molar-refractivity contribution < 1.29 is 4.79 Å². The highest BCUT2D eigenvalue weighted by Gasteiger charge is 2.20. The van der Waals surface area contributed by atoms with Gasteiger partial charge in [-0.25, -0.2) is 0 Å². The van der Waals surface area contributed by atoms with Gasteiger partial charge in [0.2, 0.25) is 5.91 Å². The average Bonchev–Trinajstić information content (AvgIpc) is 2.38. The van der Waals surface area contributed by atoms with Gasteiger partial charge >= 0.3 is 0 Å². The van der Waals surface area contributed by atoms with Crippen molar-refractivity contribution in [1.82, 2.24) is 4.90 Å². The summed E-state index contributed by atoms with van der Waals surface area (Å²) >= 11 is 7.36. The van der Waals surface area contributed by atoms with Gasteiger partial charge in [0.15, 0.2) is 0 Å². The Kier molecular flexibility index (Phi) is 4.92. The van der Waals surface area contributed by atoms with Crippen molar-refractivity contribution in [2.45, 2.75) is 23.8 Å². The molecule has 0 saturated carbocycles. The molecule has 1 saturated heterocycles. The van der Waals surface area contributed by atoms with Crippen LogP contribution in [0.3, 0.4) is 0 Å². The molecule has 1 aliphatic rings. The Hall–Kier alpha value is -0.710. The van der Waals surface area contributed by atoms with Crippen LogP contribution < -0.4 is 5.73 Å². The Morgan fingerprint density at radius 3 is 2.83 bits per heavy atom. The maximum atomic E-state index is 12.0. The number of halogens is 1. The largest absolute Gasteiger partial charge is 0.340 e. The number of nitrogens with two attached hydrogens (primary N) is 1. The zero-order valence-electron chi connectivity index (χ0n) is 10.1. The molecular weight excluding hydrogens is 268 g/mol. The molecule has 1 unspecified atom stereocenters. The molecule has 0 bridgehead atoms. The van der Waals surface area contributed by atoms with E-state index >= 15 is 0 Å². The molecule has 0 radical (unpaired) electrons. The van der Waals surface area contributed by atoms with Crippen LogP contribution >= 0.6 is 23.4 Å². The number of carbonyl (C=O) groups is 1. The van der Waals surface area contributed by atoms with Crippen LogP contribution in [0, 0.1) is 0 Å². The van der Waals surface area contributed by atoms with E-state index in [-0.39, 0.29) is 11.9 Å². The molecule has 0 spiro atoms.